The summed E-state index contributed by atoms with van der Waals surface area (Å²) >= 11 is 0.937. The molecule has 4 N–H and O–H groups in total. The highest BCUT2D eigenvalue weighted by Crippen LogP contribution is 2.22. The number of aliphatic hydroxyl groups is 1. The van der Waals surface area contributed by atoms with E-state index in [2.05, 4.69) is 16.0 Å². The van der Waals surface area contributed by atoms with Crippen LogP contribution < -0.4 is 20.7 Å². The number of carbonyl (C=O) groups is 2. The summed E-state index contributed by atoms with van der Waals surface area (Å²) in [5.74, 6) is 0.368. The largest absolute Gasteiger partial charge is 0.491 e. The van der Waals surface area contributed by atoms with Gasteiger partial charge in [-0.15, -0.1) is 0 Å². The molecule has 0 aliphatic carbocycles. The minimum atomic E-state index is -0.621. The van der Waals surface area contributed by atoms with Crippen LogP contribution in [0.4, 0.5) is 10.5 Å². The second-order valence-electron chi connectivity index (χ2n) is 7.16. The Hall–Kier alpha value is -3.01. The van der Waals surface area contributed by atoms with Crippen molar-refractivity contribution in [3.05, 3.63) is 60.4 Å². The van der Waals surface area contributed by atoms with Crippen LogP contribution >= 0.6 is 11.8 Å². The van der Waals surface area contributed by atoms with Gasteiger partial charge in [0.25, 0.3) is 11.1 Å². The minimum absolute atomic E-state index is 0.200. The number of ether oxygens (including phenoxy) is 1. The molecule has 8 nitrogen and oxygen atoms in total. The van der Waals surface area contributed by atoms with E-state index in [-0.39, 0.29) is 17.8 Å². The van der Waals surface area contributed by atoms with E-state index in [1.807, 2.05) is 48.5 Å². The highest BCUT2D eigenvalue weighted by Gasteiger charge is 2.31. The van der Waals surface area contributed by atoms with Crippen molar-refractivity contribution in [2.24, 2.45) is 0 Å². The summed E-state index contributed by atoms with van der Waals surface area (Å²) in [5.41, 5.74) is 2.70. The molecule has 2 amide bonds. The van der Waals surface area contributed by atoms with E-state index >= 15 is 0 Å². The summed E-state index contributed by atoms with van der Waals surface area (Å²) in [4.78, 5) is 22.8. The van der Waals surface area contributed by atoms with Crippen LogP contribution in [-0.2, 0) is 11.2 Å². The van der Waals surface area contributed by atoms with Crippen LogP contribution in [0, 0.1) is 0 Å². The van der Waals surface area contributed by atoms with Crippen LogP contribution in [0.2, 0.25) is 0 Å². The molecule has 4 rings (SSSR count). The first-order valence-corrected chi connectivity index (χ1v) is 10.8. The third kappa shape index (κ3) is 5.78. The molecule has 3 aromatic rings. The molecule has 9 heteroatoms. The Morgan fingerprint density at radius 3 is 2.77 bits per heavy atom. The molecule has 2 atom stereocenters. The van der Waals surface area contributed by atoms with Crippen LogP contribution in [0.3, 0.4) is 0 Å². The number of anilines is 1. The number of imide groups is 1. The summed E-state index contributed by atoms with van der Waals surface area (Å²) in [6, 6.07) is 15.1. The van der Waals surface area contributed by atoms with E-state index in [4.69, 9.17) is 9.15 Å². The Morgan fingerprint density at radius 1 is 1.16 bits per heavy atom. The lowest BCUT2D eigenvalue weighted by molar-refractivity contribution is -0.118. The van der Waals surface area contributed by atoms with Gasteiger partial charge in [-0.25, -0.2) is 0 Å². The molecule has 162 valence electrons. The number of hydrogen-bond donors (Lipinski definition) is 4. The molecule has 1 aliphatic heterocycles. The molecule has 0 radical (unpaired) electrons. The van der Waals surface area contributed by atoms with Gasteiger partial charge in [0.1, 0.15) is 24.0 Å². The van der Waals surface area contributed by atoms with E-state index in [1.54, 1.807) is 6.26 Å². The SMILES string of the molecule is O=C1NC(=O)C(Nc2ccc(CCNCC(O)COc3ccc4occc4c3)cc2)S1. The van der Waals surface area contributed by atoms with Gasteiger partial charge < -0.3 is 24.9 Å². The van der Waals surface area contributed by atoms with Crippen molar-refractivity contribution in [3.8, 4) is 5.75 Å². The van der Waals surface area contributed by atoms with Crippen molar-refractivity contribution >= 4 is 39.6 Å². The molecule has 31 heavy (non-hydrogen) atoms. The lowest BCUT2D eigenvalue weighted by Gasteiger charge is -2.14. The lowest BCUT2D eigenvalue weighted by atomic mass is 10.1. The number of nitrogens with one attached hydrogen (secondary N) is 3. The zero-order valence-electron chi connectivity index (χ0n) is 16.7. The monoisotopic (exact) mass is 441 g/mol. The average Bonchev–Trinajstić information content (AvgIpc) is 3.36. The lowest BCUT2D eigenvalue weighted by Crippen LogP contribution is -2.32. The number of hydrogen-bond acceptors (Lipinski definition) is 8. The fourth-order valence-corrected chi connectivity index (χ4v) is 3.89. The normalized spacial score (nSPS) is 17.0. The van der Waals surface area contributed by atoms with E-state index in [9.17, 15) is 14.7 Å². The van der Waals surface area contributed by atoms with E-state index in [0.29, 0.717) is 18.8 Å². The zero-order valence-corrected chi connectivity index (χ0v) is 17.5. The predicted molar refractivity (Wildman–Crippen MR) is 119 cm³/mol. The Labute approximate surface area is 183 Å². The Kier molecular flexibility index (Phi) is 6.76. The molecule has 0 saturated carbocycles. The first kappa shape index (κ1) is 21.2. The Balaban J connectivity index is 1.14. The zero-order chi connectivity index (χ0) is 21.6. The highest BCUT2D eigenvalue weighted by atomic mass is 32.2. The van der Waals surface area contributed by atoms with E-state index in [0.717, 1.165) is 40.4 Å². The Morgan fingerprint density at radius 2 is 2.00 bits per heavy atom. The third-order valence-corrected chi connectivity index (χ3v) is 5.66. The molecule has 2 heterocycles. The van der Waals surface area contributed by atoms with Gasteiger partial charge in [0, 0.05) is 17.6 Å². The molecule has 1 aromatic heterocycles. The van der Waals surface area contributed by atoms with Crippen LogP contribution in [0.5, 0.6) is 5.75 Å². The number of benzene rings is 2. The average molecular weight is 442 g/mol. The van der Waals surface area contributed by atoms with Crippen molar-refractivity contribution in [3.63, 3.8) is 0 Å². The maximum atomic E-state index is 11.6. The van der Waals surface area contributed by atoms with Crippen molar-refractivity contribution in [2.45, 2.75) is 17.9 Å². The molecule has 0 bridgehead atoms. The summed E-state index contributed by atoms with van der Waals surface area (Å²) in [7, 11) is 0. The van der Waals surface area contributed by atoms with Crippen LogP contribution in [-0.4, -0.2) is 47.4 Å². The van der Waals surface area contributed by atoms with Crippen LogP contribution in [0.1, 0.15) is 5.56 Å². The maximum absolute atomic E-state index is 11.6. The van der Waals surface area contributed by atoms with Gasteiger partial charge in [0.2, 0.25) is 0 Å². The van der Waals surface area contributed by atoms with Gasteiger partial charge in [-0.05, 0) is 66.7 Å². The van der Waals surface area contributed by atoms with Gasteiger partial charge in [0.05, 0.1) is 6.26 Å². The number of furan rings is 1. The van der Waals surface area contributed by atoms with E-state index < -0.39 is 11.5 Å². The maximum Gasteiger partial charge on any atom is 0.288 e. The summed E-state index contributed by atoms with van der Waals surface area (Å²) in [6.45, 7) is 1.34. The van der Waals surface area contributed by atoms with Crippen LogP contribution in [0.15, 0.2) is 59.2 Å². The third-order valence-electron chi connectivity index (χ3n) is 4.78. The second-order valence-corrected chi connectivity index (χ2v) is 8.23. The minimum Gasteiger partial charge on any atom is -0.491 e. The number of rotatable bonds is 10. The van der Waals surface area contributed by atoms with E-state index in [1.165, 1.54) is 0 Å². The van der Waals surface area contributed by atoms with Crippen molar-refractivity contribution in [1.82, 2.24) is 10.6 Å². The molecule has 1 fully saturated rings. The molecular formula is C22H23N3O5S. The first-order valence-electron chi connectivity index (χ1n) is 9.92. The molecule has 0 spiro atoms. The number of thioether (sulfide) groups is 1. The number of amides is 2. The number of aliphatic hydroxyl groups excluding tert-OH is 1. The smallest absolute Gasteiger partial charge is 0.288 e. The highest BCUT2D eigenvalue weighted by molar-refractivity contribution is 8.15. The van der Waals surface area contributed by atoms with Crippen molar-refractivity contribution in [2.75, 3.05) is 25.0 Å². The first-order chi connectivity index (χ1) is 15.1. The van der Waals surface area contributed by atoms with Gasteiger partial charge in [-0.2, -0.15) is 0 Å². The summed E-state index contributed by atoms with van der Waals surface area (Å²) in [5, 5.41) is 18.7. The molecule has 1 aliphatic rings. The predicted octanol–water partition coefficient (Wildman–Crippen LogP) is 2.73. The molecule has 2 unspecified atom stereocenters. The Bertz CT molecular complexity index is 1050. The quantitative estimate of drug-likeness (QED) is 0.355. The van der Waals surface area contributed by atoms with Crippen molar-refractivity contribution < 1.29 is 23.8 Å². The number of carbonyl (C=O) groups excluding carboxylic acids is 2. The molecular weight excluding hydrogens is 418 g/mol. The molecule has 1 saturated heterocycles. The second kappa shape index (κ2) is 9.86. The van der Waals surface area contributed by atoms with Gasteiger partial charge >= 0.3 is 0 Å². The topological polar surface area (TPSA) is 113 Å². The number of fused-ring (bicyclic) bond motifs is 1. The summed E-state index contributed by atoms with van der Waals surface area (Å²) < 4.78 is 10.9. The van der Waals surface area contributed by atoms with Gasteiger partial charge in [0.15, 0.2) is 5.37 Å². The van der Waals surface area contributed by atoms with Crippen LogP contribution in [0.25, 0.3) is 11.0 Å². The fourth-order valence-electron chi connectivity index (χ4n) is 3.16. The fraction of sp³-hybridized carbons (Fsp3) is 0.273. The molecule has 2 aromatic carbocycles. The van der Waals surface area contributed by atoms with Gasteiger partial charge in [-0.3, -0.25) is 14.9 Å². The summed E-state index contributed by atoms with van der Waals surface area (Å²) in [6.07, 6.45) is 1.80. The standard InChI is InChI=1S/C22H23N3O5S/c26-17(13-30-18-5-6-19-15(11-18)8-10-29-19)12-23-9-7-14-1-3-16(4-2-14)24-21-20(27)25-22(28)31-21/h1-6,8,10-11,17,21,23-24,26H,7,9,12-13H2,(H,25,27,28). The van der Waals surface area contributed by atoms with Crippen molar-refractivity contribution in [1.29, 1.82) is 0 Å². The van der Waals surface area contributed by atoms with Gasteiger partial charge in [-0.1, -0.05) is 12.1 Å².